The normalized spacial score (nSPS) is 12.7. The van der Waals surface area contributed by atoms with Crippen molar-refractivity contribution in [3.8, 4) is 0 Å². The minimum Gasteiger partial charge on any atom is -0.389 e. The molecule has 0 aromatic carbocycles. The third kappa shape index (κ3) is 7.33. The zero-order chi connectivity index (χ0) is 12.3. The molecule has 0 aromatic heterocycles. The van der Waals surface area contributed by atoms with Gasteiger partial charge in [0.2, 0.25) is 5.91 Å². The fourth-order valence-corrected chi connectivity index (χ4v) is 1.34. The summed E-state index contributed by atoms with van der Waals surface area (Å²) in [6.07, 6.45) is 0.302. The van der Waals surface area contributed by atoms with Crippen molar-refractivity contribution in [1.29, 1.82) is 0 Å². The topological polar surface area (TPSA) is 66.6 Å². The van der Waals surface area contributed by atoms with E-state index in [9.17, 15) is 9.90 Å². The first-order valence-electron chi connectivity index (χ1n) is 5.34. The summed E-state index contributed by atoms with van der Waals surface area (Å²) in [5.41, 5.74) is 4.43. The first kappa shape index (κ1) is 14.4. The van der Waals surface area contributed by atoms with E-state index in [1.807, 2.05) is 20.8 Å². The van der Waals surface area contributed by atoms with Crippen LogP contribution in [0.15, 0.2) is 0 Å². The maximum absolute atomic E-state index is 11.8. The second-order valence-corrected chi connectivity index (χ2v) is 5.39. The number of likely N-dealkylation sites (N-methyl/N-ethyl adjacent to an activating group) is 1. The molecule has 0 unspecified atom stereocenters. The predicted molar refractivity (Wildman–Crippen MR) is 61.4 cm³/mol. The summed E-state index contributed by atoms with van der Waals surface area (Å²) in [6, 6.07) is 0. The summed E-state index contributed by atoms with van der Waals surface area (Å²) in [5.74, 6) is -0.00729. The van der Waals surface area contributed by atoms with E-state index in [1.165, 1.54) is 0 Å². The summed E-state index contributed by atoms with van der Waals surface area (Å²) < 4.78 is 0. The van der Waals surface area contributed by atoms with Crippen LogP contribution in [0.2, 0.25) is 0 Å². The van der Waals surface area contributed by atoms with Crippen molar-refractivity contribution in [2.45, 2.75) is 52.2 Å². The zero-order valence-corrected chi connectivity index (χ0v) is 10.5. The molecule has 0 radical (unpaired) electrons. The maximum atomic E-state index is 11.8. The SMILES string of the molecule is CCN(CC(C)(C)O)C(=O)CC(C)(C)N. The van der Waals surface area contributed by atoms with E-state index in [-0.39, 0.29) is 5.91 Å². The molecule has 0 bridgehead atoms. The predicted octanol–water partition coefficient (Wildman–Crippen LogP) is 0.733. The second-order valence-electron chi connectivity index (χ2n) is 5.39. The molecule has 0 fully saturated rings. The smallest absolute Gasteiger partial charge is 0.224 e. The van der Waals surface area contributed by atoms with Crippen LogP contribution in [0.25, 0.3) is 0 Å². The minimum atomic E-state index is -0.857. The Morgan fingerprint density at radius 2 is 1.80 bits per heavy atom. The largest absolute Gasteiger partial charge is 0.389 e. The van der Waals surface area contributed by atoms with Gasteiger partial charge >= 0.3 is 0 Å². The number of nitrogens with two attached hydrogens (primary N) is 1. The van der Waals surface area contributed by atoms with Crippen molar-refractivity contribution in [2.75, 3.05) is 13.1 Å². The molecule has 90 valence electrons. The van der Waals surface area contributed by atoms with Crippen LogP contribution in [0.5, 0.6) is 0 Å². The molecule has 1 amide bonds. The average Bonchev–Trinajstić information content (AvgIpc) is 1.94. The van der Waals surface area contributed by atoms with Crippen molar-refractivity contribution in [3.63, 3.8) is 0 Å². The quantitative estimate of drug-likeness (QED) is 0.712. The van der Waals surface area contributed by atoms with Crippen molar-refractivity contribution < 1.29 is 9.90 Å². The summed E-state index contributed by atoms with van der Waals surface area (Å²) in [5, 5.41) is 9.64. The highest BCUT2D eigenvalue weighted by molar-refractivity contribution is 5.77. The molecule has 0 atom stereocenters. The van der Waals surface area contributed by atoms with Crippen LogP contribution < -0.4 is 5.73 Å². The number of hydrogen-bond donors (Lipinski definition) is 2. The molecule has 0 aliphatic carbocycles. The van der Waals surface area contributed by atoms with Crippen LogP contribution in [0, 0.1) is 0 Å². The Morgan fingerprint density at radius 3 is 2.07 bits per heavy atom. The summed E-state index contributed by atoms with van der Waals surface area (Å²) >= 11 is 0. The highest BCUT2D eigenvalue weighted by atomic mass is 16.3. The molecular weight excluding hydrogens is 192 g/mol. The van der Waals surface area contributed by atoms with E-state index in [1.54, 1.807) is 18.7 Å². The maximum Gasteiger partial charge on any atom is 0.224 e. The number of rotatable bonds is 5. The molecule has 15 heavy (non-hydrogen) atoms. The van der Waals surface area contributed by atoms with Gasteiger partial charge in [0.05, 0.1) is 5.60 Å². The van der Waals surface area contributed by atoms with Crippen LogP contribution in [0.3, 0.4) is 0 Å². The van der Waals surface area contributed by atoms with Crippen LogP contribution >= 0.6 is 0 Å². The molecule has 0 heterocycles. The lowest BCUT2D eigenvalue weighted by atomic mass is 10.0. The van der Waals surface area contributed by atoms with E-state index < -0.39 is 11.1 Å². The lowest BCUT2D eigenvalue weighted by Crippen LogP contribution is -2.46. The molecule has 0 saturated heterocycles. The Bertz CT molecular complexity index is 214. The Morgan fingerprint density at radius 1 is 1.33 bits per heavy atom. The lowest BCUT2D eigenvalue weighted by molar-refractivity contribution is -0.134. The van der Waals surface area contributed by atoms with Gasteiger partial charge in [-0.25, -0.2) is 0 Å². The number of aliphatic hydroxyl groups is 1. The molecule has 0 aliphatic heterocycles. The van der Waals surface area contributed by atoms with Gasteiger partial charge in [0.25, 0.3) is 0 Å². The van der Waals surface area contributed by atoms with Crippen molar-refractivity contribution in [2.24, 2.45) is 5.73 Å². The number of nitrogens with zero attached hydrogens (tertiary/aromatic N) is 1. The standard InChI is InChI=1S/C11H24N2O2/c1-6-13(8-11(4,5)15)9(14)7-10(2,3)12/h15H,6-8,12H2,1-5H3. The van der Waals surface area contributed by atoms with Gasteiger partial charge in [0.1, 0.15) is 0 Å². The first-order chi connectivity index (χ1) is 6.55. The van der Waals surface area contributed by atoms with Crippen molar-refractivity contribution >= 4 is 5.91 Å². The van der Waals surface area contributed by atoms with Gasteiger partial charge in [-0.15, -0.1) is 0 Å². The number of hydrogen-bond acceptors (Lipinski definition) is 3. The Balaban J connectivity index is 4.36. The number of carbonyl (C=O) groups is 1. The molecule has 4 nitrogen and oxygen atoms in total. The molecule has 3 N–H and O–H groups in total. The van der Waals surface area contributed by atoms with E-state index >= 15 is 0 Å². The molecule has 0 saturated carbocycles. The zero-order valence-electron chi connectivity index (χ0n) is 10.5. The fraction of sp³-hybridized carbons (Fsp3) is 0.909. The third-order valence-electron chi connectivity index (χ3n) is 1.92. The summed E-state index contributed by atoms with van der Waals surface area (Å²) in [7, 11) is 0. The molecule has 0 rings (SSSR count). The van der Waals surface area contributed by atoms with Gasteiger partial charge in [0.15, 0.2) is 0 Å². The van der Waals surface area contributed by atoms with E-state index in [0.717, 1.165) is 0 Å². The highest BCUT2D eigenvalue weighted by Gasteiger charge is 2.24. The van der Waals surface area contributed by atoms with Gasteiger partial charge in [-0.2, -0.15) is 0 Å². The van der Waals surface area contributed by atoms with Gasteiger partial charge < -0.3 is 15.7 Å². The van der Waals surface area contributed by atoms with Crippen molar-refractivity contribution in [3.05, 3.63) is 0 Å². The third-order valence-corrected chi connectivity index (χ3v) is 1.92. The van der Waals surface area contributed by atoms with Crippen LogP contribution in [-0.4, -0.2) is 40.1 Å². The van der Waals surface area contributed by atoms with Gasteiger partial charge in [-0.3, -0.25) is 4.79 Å². The highest BCUT2D eigenvalue weighted by Crippen LogP contribution is 2.10. The number of amides is 1. The number of carbonyl (C=O) groups excluding carboxylic acids is 1. The van der Waals surface area contributed by atoms with E-state index in [0.29, 0.717) is 19.5 Å². The van der Waals surface area contributed by atoms with Crippen molar-refractivity contribution in [1.82, 2.24) is 4.90 Å². The Hall–Kier alpha value is -0.610. The second kappa shape index (κ2) is 4.94. The monoisotopic (exact) mass is 216 g/mol. The van der Waals surface area contributed by atoms with Crippen LogP contribution in [-0.2, 0) is 4.79 Å². The van der Waals surface area contributed by atoms with Crippen LogP contribution in [0.4, 0.5) is 0 Å². The average molecular weight is 216 g/mol. The molecule has 0 aliphatic rings. The molecule has 0 spiro atoms. The minimum absolute atomic E-state index is 0.00729. The fourth-order valence-electron chi connectivity index (χ4n) is 1.34. The van der Waals surface area contributed by atoms with E-state index in [2.05, 4.69) is 0 Å². The van der Waals surface area contributed by atoms with E-state index in [4.69, 9.17) is 5.73 Å². The molecular formula is C11H24N2O2. The molecule has 0 aromatic rings. The first-order valence-corrected chi connectivity index (χ1v) is 5.34. The summed E-state index contributed by atoms with van der Waals surface area (Å²) in [6.45, 7) is 9.86. The van der Waals surface area contributed by atoms with Gasteiger partial charge in [-0.05, 0) is 34.6 Å². The Labute approximate surface area is 92.4 Å². The lowest BCUT2D eigenvalue weighted by Gasteiger charge is -2.30. The molecule has 4 heteroatoms. The van der Waals surface area contributed by atoms with Gasteiger partial charge in [0, 0.05) is 25.0 Å². The Kier molecular flexibility index (Phi) is 4.74. The summed E-state index contributed by atoms with van der Waals surface area (Å²) in [4.78, 5) is 13.4. The van der Waals surface area contributed by atoms with Crippen LogP contribution in [0.1, 0.15) is 41.0 Å². The van der Waals surface area contributed by atoms with Gasteiger partial charge in [-0.1, -0.05) is 0 Å².